The fourth-order valence-electron chi connectivity index (χ4n) is 4.08. The molecule has 0 fully saturated rings. The zero-order valence-corrected chi connectivity index (χ0v) is 24.0. The number of methoxy groups -OCH3 is 3. The molecule has 0 saturated carbocycles. The van der Waals surface area contributed by atoms with E-state index in [4.69, 9.17) is 25.7 Å². The maximum Gasteiger partial charge on any atom is 0.270 e. The van der Waals surface area contributed by atoms with Crippen molar-refractivity contribution in [3.05, 3.63) is 64.2 Å². The summed E-state index contributed by atoms with van der Waals surface area (Å²) < 4.78 is 20.2. The number of amides is 3. The van der Waals surface area contributed by atoms with Gasteiger partial charge in [-0.05, 0) is 59.3 Å². The molecule has 1 atom stereocenters. The number of rotatable bonds is 13. The highest BCUT2D eigenvalue weighted by atomic mass is 32.1. The average Bonchev–Trinajstić information content (AvgIpc) is 3.33. The van der Waals surface area contributed by atoms with Crippen molar-refractivity contribution in [3.8, 4) is 17.2 Å². The van der Waals surface area contributed by atoms with Crippen LogP contribution in [-0.4, -0.2) is 54.9 Å². The molecule has 3 rings (SSSR count). The largest absolute Gasteiger partial charge is 0.497 e. The van der Waals surface area contributed by atoms with Crippen LogP contribution in [0.4, 0.5) is 5.69 Å². The number of carbonyl (C=O) groups is 3. The lowest BCUT2D eigenvalue weighted by Crippen LogP contribution is -2.43. The Labute approximate surface area is 237 Å². The van der Waals surface area contributed by atoms with Gasteiger partial charge >= 0.3 is 0 Å². The van der Waals surface area contributed by atoms with Crippen LogP contribution >= 0.6 is 11.5 Å². The van der Waals surface area contributed by atoms with E-state index in [0.29, 0.717) is 40.8 Å². The molecule has 2 aromatic carbocycles. The topological polar surface area (TPSA) is 159 Å². The fourth-order valence-corrected chi connectivity index (χ4v) is 4.85. The lowest BCUT2D eigenvalue weighted by atomic mass is 10.0. The Morgan fingerprint density at radius 1 is 1.02 bits per heavy atom. The molecule has 1 aromatic heterocycles. The number of hydrogen-bond acceptors (Lipinski definition) is 9. The Morgan fingerprint density at radius 3 is 2.35 bits per heavy atom. The molecule has 3 aromatic rings. The van der Waals surface area contributed by atoms with Crippen molar-refractivity contribution in [2.75, 3.05) is 33.6 Å². The van der Waals surface area contributed by atoms with Gasteiger partial charge < -0.3 is 35.9 Å². The molecule has 0 unspecified atom stereocenters. The molecule has 0 spiro atoms. The highest BCUT2D eigenvalue weighted by molar-refractivity contribution is 7.09. The van der Waals surface area contributed by atoms with E-state index in [2.05, 4.69) is 23.5 Å². The Kier molecular flexibility index (Phi) is 10.3. The van der Waals surface area contributed by atoms with Gasteiger partial charge in [-0.2, -0.15) is 4.37 Å². The summed E-state index contributed by atoms with van der Waals surface area (Å²) in [4.78, 5) is 41.2. The zero-order valence-electron chi connectivity index (χ0n) is 23.2. The maximum atomic E-state index is 14.1. The van der Waals surface area contributed by atoms with Gasteiger partial charge in [0.1, 0.15) is 16.7 Å². The van der Waals surface area contributed by atoms with E-state index >= 15 is 0 Å². The standard InChI is InChI=1S/C28H35N5O6S/c1-16(2)11-12-31-27(35)24(18-9-10-20(38-4)21(14-18)39-5)33(15-17-7-6-8-19(13-17)37-3)28(36)25-22(29)23(26(30)34)32-40-25/h6-10,13-14,16,24H,11-12,15,29H2,1-5H3,(H2,30,34)(H,31,35)/t24-/m0/s1. The summed E-state index contributed by atoms with van der Waals surface area (Å²) in [5.74, 6) is -0.0435. The molecule has 0 radical (unpaired) electrons. The van der Waals surface area contributed by atoms with Gasteiger partial charge in [-0.15, -0.1) is 0 Å². The van der Waals surface area contributed by atoms with Crippen LogP contribution < -0.4 is 31.0 Å². The predicted molar refractivity (Wildman–Crippen MR) is 153 cm³/mol. The van der Waals surface area contributed by atoms with Crippen LogP contribution in [0.1, 0.15) is 57.6 Å². The second-order valence-corrected chi connectivity index (χ2v) is 10.2. The molecular weight excluding hydrogens is 534 g/mol. The average molecular weight is 570 g/mol. The van der Waals surface area contributed by atoms with Crippen molar-refractivity contribution < 1.29 is 28.6 Å². The molecule has 12 heteroatoms. The number of nitrogens with two attached hydrogens (primary N) is 2. The SMILES string of the molecule is COc1cccc(CN(C(=O)c2snc(C(N)=O)c2N)[C@H](C(=O)NCCC(C)C)c2ccc(OC)c(OC)c2)c1. The van der Waals surface area contributed by atoms with Gasteiger partial charge in [-0.3, -0.25) is 14.4 Å². The molecule has 5 N–H and O–H groups in total. The van der Waals surface area contributed by atoms with E-state index in [-0.39, 0.29) is 22.8 Å². The summed E-state index contributed by atoms with van der Waals surface area (Å²) in [6.45, 7) is 4.53. The second-order valence-electron chi connectivity index (χ2n) is 9.41. The number of carbonyl (C=O) groups excluding carboxylic acids is 3. The molecule has 40 heavy (non-hydrogen) atoms. The third-order valence-corrected chi connectivity index (χ3v) is 7.06. The number of hydrogen-bond donors (Lipinski definition) is 3. The van der Waals surface area contributed by atoms with Crippen LogP contribution in [0, 0.1) is 5.92 Å². The first-order valence-corrected chi connectivity index (χ1v) is 13.4. The summed E-state index contributed by atoms with van der Waals surface area (Å²) in [6, 6.07) is 11.1. The van der Waals surface area contributed by atoms with Crippen LogP contribution in [0.5, 0.6) is 17.2 Å². The monoisotopic (exact) mass is 569 g/mol. The van der Waals surface area contributed by atoms with E-state index in [1.807, 2.05) is 6.07 Å². The van der Waals surface area contributed by atoms with E-state index in [1.54, 1.807) is 43.5 Å². The highest BCUT2D eigenvalue weighted by Gasteiger charge is 2.35. The molecule has 11 nitrogen and oxygen atoms in total. The van der Waals surface area contributed by atoms with Crippen molar-refractivity contribution in [2.24, 2.45) is 11.7 Å². The van der Waals surface area contributed by atoms with Crippen molar-refractivity contribution in [1.82, 2.24) is 14.6 Å². The normalized spacial score (nSPS) is 11.6. The number of aromatic nitrogens is 1. The van der Waals surface area contributed by atoms with Crippen molar-refractivity contribution in [3.63, 3.8) is 0 Å². The Balaban J connectivity index is 2.18. The molecule has 0 aliphatic rings. The van der Waals surface area contributed by atoms with Crippen LogP contribution in [0.15, 0.2) is 42.5 Å². The van der Waals surface area contributed by atoms with Crippen LogP contribution in [0.3, 0.4) is 0 Å². The van der Waals surface area contributed by atoms with Gasteiger partial charge in [0.25, 0.3) is 11.8 Å². The molecule has 214 valence electrons. The minimum atomic E-state index is -1.11. The third-order valence-electron chi connectivity index (χ3n) is 6.21. The number of nitrogen functional groups attached to an aromatic ring is 1. The molecule has 0 bridgehead atoms. The van der Waals surface area contributed by atoms with Gasteiger partial charge in [0.2, 0.25) is 5.91 Å². The molecule has 0 aliphatic carbocycles. The minimum Gasteiger partial charge on any atom is -0.497 e. The summed E-state index contributed by atoms with van der Waals surface area (Å²) in [7, 11) is 4.54. The first kappa shape index (κ1) is 30.2. The molecule has 0 aliphatic heterocycles. The number of benzene rings is 2. The van der Waals surface area contributed by atoms with E-state index in [9.17, 15) is 14.4 Å². The maximum absolute atomic E-state index is 14.1. The number of nitrogens with zero attached hydrogens (tertiary/aromatic N) is 2. The number of ether oxygens (including phenoxy) is 3. The van der Waals surface area contributed by atoms with Crippen molar-refractivity contribution >= 4 is 34.9 Å². The van der Waals surface area contributed by atoms with E-state index < -0.39 is 23.8 Å². The third kappa shape index (κ3) is 7.00. The molecule has 1 heterocycles. The Morgan fingerprint density at radius 2 is 1.75 bits per heavy atom. The first-order valence-electron chi connectivity index (χ1n) is 12.6. The fraction of sp³-hybridized carbons (Fsp3) is 0.357. The lowest BCUT2D eigenvalue weighted by molar-refractivity contribution is -0.126. The minimum absolute atomic E-state index is 0.00264. The summed E-state index contributed by atoms with van der Waals surface area (Å²) in [6.07, 6.45) is 0.748. The van der Waals surface area contributed by atoms with Crippen LogP contribution in [0.2, 0.25) is 0 Å². The summed E-state index contributed by atoms with van der Waals surface area (Å²) >= 11 is 0.751. The van der Waals surface area contributed by atoms with Crippen LogP contribution in [0.25, 0.3) is 0 Å². The van der Waals surface area contributed by atoms with Crippen molar-refractivity contribution in [2.45, 2.75) is 32.9 Å². The van der Waals surface area contributed by atoms with E-state index in [0.717, 1.165) is 18.0 Å². The van der Waals surface area contributed by atoms with Gasteiger partial charge in [-0.1, -0.05) is 32.0 Å². The zero-order chi connectivity index (χ0) is 29.4. The summed E-state index contributed by atoms with van der Waals surface area (Å²) in [5, 5.41) is 2.96. The molecule has 3 amide bonds. The van der Waals surface area contributed by atoms with Gasteiger partial charge in [-0.25, -0.2) is 0 Å². The van der Waals surface area contributed by atoms with Crippen molar-refractivity contribution in [1.29, 1.82) is 0 Å². The number of primary amides is 1. The highest BCUT2D eigenvalue weighted by Crippen LogP contribution is 2.35. The quantitative estimate of drug-likeness (QED) is 0.282. The summed E-state index contributed by atoms with van der Waals surface area (Å²) in [5.41, 5.74) is 12.4. The lowest BCUT2D eigenvalue weighted by Gasteiger charge is -2.32. The Bertz CT molecular complexity index is 1360. The predicted octanol–water partition coefficient (Wildman–Crippen LogP) is 3.40. The van der Waals surface area contributed by atoms with Gasteiger partial charge in [0.15, 0.2) is 17.2 Å². The van der Waals surface area contributed by atoms with Gasteiger partial charge in [0, 0.05) is 13.1 Å². The first-order chi connectivity index (χ1) is 19.1. The molecule has 0 saturated heterocycles. The number of nitrogens with one attached hydrogen (secondary N) is 1. The Hall–Kier alpha value is -4.32. The van der Waals surface area contributed by atoms with Gasteiger partial charge in [0.05, 0.1) is 27.0 Å². The second kappa shape index (κ2) is 13.7. The van der Waals surface area contributed by atoms with Crippen LogP contribution in [-0.2, 0) is 11.3 Å². The smallest absolute Gasteiger partial charge is 0.270 e. The molecular formula is C28H35N5O6S. The number of anilines is 1. The van der Waals surface area contributed by atoms with E-state index in [1.165, 1.54) is 19.1 Å².